The minimum absolute atomic E-state index is 0.106. The second kappa shape index (κ2) is 7.48. The van der Waals surface area contributed by atoms with E-state index < -0.39 is 17.8 Å². The average Bonchev–Trinajstić information content (AvgIpc) is 3.22. The van der Waals surface area contributed by atoms with Gasteiger partial charge in [-0.15, -0.1) is 0 Å². The van der Waals surface area contributed by atoms with Gasteiger partial charge in [0.05, 0.1) is 22.1 Å². The Kier molecular flexibility index (Phi) is 4.98. The first-order chi connectivity index (χ1) is 14.3. The molecule has 8 nitrogen and oxygen atoms in total. The Balaban J connectivity index is 1.80. The molecule has 0 aliphatic carbocycles. The predicted molar refractivity (Wildman–Crippen MR) is 103 cm³/mol. The first kappa shape index (κ1) is 20.0. The molecule has 154 valence electrons. The Morgan fingerprint density at radius 3 is 2.47 bits per heavy atom. The molecule has 0 radical (unpaired) electrons. The average molecular weight is 435 g/mol. The SMILES string of the molecule is C[C@@H](c1ncnn1-c1ncccn1)N(C)c1ncnc2c(Cl)cc(C(F)(F)F)cc12. The summed E-state index contributed by atoms with van der Waals surface area (Å²) >= 11 is 6.08. The molecule has 0 bridgehead atoms. The monoisotopic (exact) mass is 434 g/mol. The van der Waals surface area contributed by atoms with Crippen LogP contribution in [0.5, 0.6) is 0 Å². The molecule has 0 N–H and O–H groups in total. The fourth-order valence-electron chi connectivity index (χ4n) is 3.00. The topological polar surface area (TPSA) is 85.5 Å². The molecule has 1 atom stereocenters. The molecule has 0 aliphatic rings. The molecule has 3 aromatic heterocycles. The Hall–Kier alpha value is -3.34. The number of rotatable bonds is 4. The Morgan fingerprint density at radius 1 is 1.03 bits per heavy atom. The molecule has 0 saturated carbocycles. The fraction of sp³-hybridized carbons (Fsp3) is 0.222. The van der Waals surface area contributed by atoms with Crippen LogP contribution in [0, 0.1) is 0 Å². The van der Waals surface area contributed by atoms with Crippen molar-refractivity contribution < 1.29 is 13.2 Å². The van der Waals surface area contributed by atoms with Crippen LogP contribution in [-0.2, 0) is 6.18 Å². The molecular weight excluding hydrogens is 421 g/mol. The molecule has 3 heterocycles. The Labute approximate surface area is 173 Å². The van der Waals surface area contributed by atoms with Gasteiger partial charge in [0.15, 0.2) is 5.82 Å². The van der Waals surface area contributed by atoms with E-state index in [2.05, 4.69) is 30.0 Å². The van der Waals surface area contributed by atoms with Crippen LogP contribution in [0.4, 0.5) is 19.0 Å². The fourth-order valence-corrected chi connectivity index (χ4v) is 3.27. The van der Waals surface area contributed by atoms with Crippen LogP contribution >= 0.6 is 11.6 Å². The van der Waals surface area contributed by atoms with Gasteiger partial charge in [0.1, 0.15) is 18.5 Å². The zero-order chi connectivity index (χ0) is 21.5. The van der Waals surface area contributed by atoms with Crippen molar-refractivity contribution in [3.05, 3.63) is 59.7 Å². The van der Waals surface area contributed by atoms with E-state index in [1.165, 1.54) is 17.3 Å². The zero-order valence-corrected chi connectivity index (χ0v) is 16.5. The summed E-state index contributed by atoms with van der Waals surface area (Å²) in [5.74, 6) is 1.07. The maximum atomic E-state index is 13.3. The van der Waals surface area contributed by atoms with Gasteiger partial charge in [-0.25, -0.2) is 24.9 Å². The van der Waals surface area contributed by atoms with E-state index in [0.717, 1.165) is 12.1 Å². The number of fused-ring (bicyclic) bond motifs is 1. The Bertz CT molecular complexity index is 1200. The number of halogens is 4. The van der Waals surface area contributed by atoms with E-state index in [1.807, 2.05) is 6.92 Å². The zero-order valence-electron chi connectivity index (χ0n) is 15.7. The summed E-state index contributed by atoms with van der Waals surface area (Å²) < 4.78 is 41.4. The summed E-state index contributed by atoms with van der Waals surface area (Å²) in [6.07, 6.45) is 1.19. The van der Waals surface area contributed by atoms with Crippen molar-refractivity contribution in [3.8, 4) is 5.95 Å². The minimum Gasteiger partial charge on any atom is -0.349 e. The Morgan fingerprint density at radius 2 is 1.77 bits per heavy atom. The van der Waals surface area contributed by atoms with Crippen LogP contribution in [0.15, 0.2) is 43.2 Å². The molecule has 0 amide bonds. The van der Waals surface area contributed by atoms with Crippen molar-refractivity contribution in [1.29, 1.82) is 0 Å². The van der Waals surface area contributed by atoms with Gasteiger partial charge in [0.2, 0.25) is 0 Å². The molecule has 12 heteroatoms. The number of nitrogens with zero attached hydrogens (tertiary/aromatic N) is 8. The van der Waals surface area contributed by atoms with Crippen molar-refractivity contribution in [3.63, 3.8) is 0 Å². The number of benzene rings is 1. The number of alkyl halides is 3. The number of aromatic nitrogens is 7. The molecule has 0 saturated heterocycles. The van der Waals surface area contributed by atoms with Crippen LogP contribution in [0.2, 0.25) is 5.02 Å². The van der Waals surface area contributed by atoms with Gasteiger partial charge in [-0.2, -0.15) is 23.0 Å². The van der Waals surface area contributed by atoms with Gasteiger partial charge in [-0.3, -0.25) is 0 Å². The van der Waals surface area contributed by atoms with E-state index in [-0.39, 0.29) is 21.7 Å². The second-order valence-corrected chi connectivity index (χ2v) is 6.82. The second-order valence-electron chi connectivity index (χ2n) is 6.41. The first-order valence-corrected chi connectivity index (χ1v) is 9.06. The molecule has 0 aliphatic heterocycles. The highest BCUT2D eigenvalue weighted by Gasteiger charge is 2.32. The third kappa shape index (κ3) is 3.52. The largest absolute Gasteiger partial charge is 0.416 e. The smallest absolute Gasteiger partial charge is 0.349 e. The molecule has 30 heavy (non-hydrogen) atoms. The predicted octanol–water partition coefficient (Wildman–Crippen LogP) is 3.87. The van der Waals surface area contributed by atoms with Crippen molar-refractivity contribution in [1.82, 2.24) is 34.7 Å². The highest BCUT2D eigenvalue weighted by molar-refractivity contribution is 6.35. The highest BCUT2D eigenvalue weighted by atomic mass is 35.5. The van der Waals surface area contributed by atoms with Crippen LogP contribution in [0.1, 0.15) is 24.4 Å². The van der Waals surface area contributed by atoms with Crippen molar-refractivity contribution in [2.75, 3.05) is 11.9 Å². The number of hydrogen-bond donors (Lipinski definition) is 0. The molecule has 4 aromatic rings. The van der Waals surface area contributed by atoms with E-state index in [0.29, 0.717) is 11.8 Å². The van der Waals surface area contributed by atoms with Gasteiger partial charge in [-0.1, -0.05) is 11.6 Å². The van der Waals surface area contributed by atoms with Gasteiger partial charge in [-0.05, 0) is 25.1 Å². The third-order valence-electron chi connectivity index (χ3n) is 4.60. The quantitative estimate of drug-likeness (QED) is 0.482. The lowest BCUT2D eigenvalue weighted by Crippen LogP contribution is -2.26. The van der Waals surface area contributed by atoms with Crippen molar-refractivity contribution >= 4 is 28.3 Å². The number of anilines is 1. The van der Waals surface area contributed by atoms with Crippen LogP contribution in [0.25, 0.3) is 16.9 Å². The molecule has 4 rings (SSSR count). The van der Waals surface area contributed by atoms with Gasteiger partial charge < -0.3 is 4.90 Å². The van der Waals surface area contributed by atoms with Crippen LogP contribution in [-0.4, -0.2) is 41.7 Å². The van der Waals surface area contributed by atoms with Gasteiger partial charge in [0, 0.05) is 24.8 Å². The molecule has 0 unspecified atom stereocenters. The van der Waals surface area contributed by atoms with Gasteiger partial charge in [0.25, 0.3) is 5.95 Å². The van der Waals surface area contributed by atoms with Gasteiger partial charge >= 0.3 is 6.18 Å². The lowest BCUT2D eigenvalue weighted by Gasteiger charge is -2.26. The number of hydrogen-bond acceptors (Lipinski definition) is 7. The van der Waals surface area contributed by atoms with Crippen LogP contribution < -0.4 is 4.90 Å². The summed E-state index contributed by atoms with van der Waals surface area (Å²) in [5, 5.41) is 4.23. The summed E-state index contributed by atoms with van der Waals surface area (Å²) in [5.41, 5.74) is -0.653. The standard InChI is InChI=1S/C18H14ClF3N8/c1-10(15-27-9-28-30(15)17-23-4-3-5-24-17)29(2)16-12-6-11(18(20,21)22)7-13(19)14(12)25-8-26-16/h3-10H,1-2H3/t10-/m0/s1. The summed E-state index contributed by atoms with van der Waals surface area (Å²) in [6, 6.07) is 3.07. The summed E-state index contributed by atoms with van der Waals surface area (Å²) in [6.45, 7) is 1.81. The summed E-state index contributed by atoms with van der Waals surface area (Å²) in [7, 11) is 1.69. The van der Waals surface area contributed by atoms with E-state index in [1.54, 1.807) is 30.4 Å². The molecule has 0 spiro atoms. The van der Waals surface area contributed by atoms with E-state index >= 15 is 0 Å². The van der Waals surface area contributed by atoms with Crippen molar-refractivity contribution in [2.24, 2.45) is 0 Å². The molecular formula is C18H14ClF3N8. The van der Waals surface area contributed by atoms with E-state index in [4.69, 9.17) is 11.6 Å². The molecule has 1 aromatic carbocycles. The minimum atomic E-state index is -4.56. The molecule has 0 fully saturated rings. The van der Waals surface area contributed by atoms with Crippen molar-refractivity contribution in [2.45, 2.75) is 19.1 Å². The van der Waals surface area contributed by atoms with Crippen LogP contribution in [0.3, 0.4) is 0 Å². The normalized spacial score (nSPS) is 12.9. The maximum Gasteiger partial charge on any atom is 0.416 e. The van der Waals surface area contributed by atoms with E-state index in [9.17, 15) is 13.2 Å². The maximum absolute atomic E-state index is 13.3. The highest BCUT2D eigenvalue weighted by Crippen LogP contribution is 2.37. The lowest BCUT2D eigenvalue weighted by atomic mass is 10.1. The lowest BCUT2D eigenvalue weighted by molar-refractivity contribution is -0.137. The third-order valence-corrected chi connectivity index (χ3v) is 4.89. The summed E-state index contributed by atoms with van der Waals surface area (Å²) in [4.78, 5) is 22.5. The first-order valence-electron chi connectivity index (χ1n) is 8.69.